The number of anilines is 3. The van der Waals surface area contributed by atoms with Gasteiger partial charge < -0.3 is 19.3 Å². The summed E-state index contributed by atoms with van der Waals surface area (Å²) >= 11 is 0. The first-order valence-electron chi connectivity index (χ1n) is 13.1. The number of benzene rings is 3. The molecular weight excluding hydrogens is 434 g/mol. The van der Waals surface area contributed by atoms with Gasteiger partial charge in [-0.1, -0.05) is 42.5 Å². The third kappa shape index (κ3) is 4.89. The highest BCUT2D eigenvalue weighted by atomic mass is 16.5. The van der Waals surface area contributed by atoms with E-state index < -0.39 is 0 Å². The molecule has 0 aromatic heterocycles. The lowest BCUT2D eigenvalue weighted by atomic mass is 10.1. The van der Waals surface area contributed by atoms with E-state index in [1.54, 1.807) is 0 Å². The van der Waals surface area contributed by atoms with Crippen LogP contribution in [0.15, 0.2) is 72.8 Å². The molecule has 0 aliphatic carbocycles. The molecule has 2 fully saturated rings. The van der Waals surface area contributed by atoms with Crippen LogP contribution in [0, 0.1) is 0 Å². The Morgan fingerprint density at radius 3 is 2.43 bits per heavy atom. The first-order chi connectivity index (χ1) is 17.3. The van der Waals surface area contributed by atoms with Crippen LogP contribution in [0.25, 0.3) is 0 Å². The van der Waals surface area contributed by atoms with Gasteiger partial charge in [0.25, 0.3) is 0 Å². The van der Waals surface area contributed by atoms with Crippen LogP contribution in [0.4, 0.5) is 17.1 Å². The van der Waals surface area contributed by atoms with Crippen molar-refractivity contribution in [3.05, 3.63) is 83.9 Å². The van der Waals surface area contributed by atoms with Gasteiger partial charge in [-0.3, -0.25) is 4.90 Å². The van der Waals surface area contributed by atoms with E-state index in [1.165, 1.54) is 47.6 Å². The molecule has 35 heavy (non-hydrogen) atoms. The van der Waals surface area contributed by atoms with Crippen molar-refractivity contribution in [1.29, 1.82) is 0 Å². The summed E-state index contributed by atoms with van der Waals surface area (Å²) in [5, 5.41) is 0. The number of ether oxygens (including phenoxy) is 2. The van der Waals surface area contributed by atoms with E-state index in [9.17, 15) is 0 Å². The van der Waals surface area contributed by atoms with Gasteiger partial charge in [0, 0.05) is 49.2 Å². The molecule has 3 aromatic rings. The minimum Gasteiger partial charge on any atom is -0.487 e. The molecule has 0 N–H and O–H groups in total. The zero-order chi connectivity index (χ0) is 23.5. The molecule has 3 aromatic carbocycles. The molecule has 5 heteroatoms. The van der Waals surface area contributed by atoms with Crippen molar-refractivity contribution in [2.24, 2.45) is 0 Å². The van der Waals surface area contributed by atoms with E-state index in [0.717, 1.165) is 51.6 Å². The third-order valence-electron chi connectivity index (χ3n) is 7.71. The van der Waals surface area contributed by atoms with Crippen LogP contribution < -0.4 is 14.5 Å². The quantitative estimate of drug-likeness (QED) is 0.491. The molecule has 1 unspecified atom stereocenters. The van der Waals surface area contributed by atoms with Crippen molar-refractivity contribution in [3.63, 3.8) is 0 Å². The molecular formula is C30H35N3O2. The van der Waals surface area contributed by atoms with E-state index in [1.807, 2.05) is 0 Å². The van der Waals surface area contributed by atoms with Crippen LogP contribution in [0.2, 0.25) is 0 Å². The molecule has 6 rings (SSSR count). The Labute approximate surface area is 208 Å². The molecule has 2 saturated heterocycles. The first kappa shape index (κ1) is 22.4. The van der Waals surface area contributed by atoms with Crippen LogP contribution >= 0.6 is 0 Å². The van der Waals surface area contributed by atoms with E-state index in [4.69, 9.17) is 9.47 Å². The molecule has 0 radical (unpaired) electrons. The van der Waals surface area contributed by atoms with Crippen LogP contribution in [0.1, 0.15) is 24.0 Å². The predicted molar refractivity (Wildman–Crippen MR) is 142 cm³/mol. The number of rotatable bonds is 6. The van der Waals surface area contributed by atoms with E-state index in [0.29, 0.717) is 12.6 Å². The topological polar surface area (TPSA) is 28.2 Å². The lowest BCUT2D eigenvalue weighted by Crippen LogP contribution is -2.39. The highest BCUT2D eigenvalue weighted by Gasteiger charge is 2.29. The minimum absolute atomic E-state index is 0.543. The second-order valence-corrected chi connectivity index (χ2v) is 9.84. The molecule has 0 spiro atoms. The monoisotopic (exact) mass is 469 g/mol. The number of fused-ring (bicyclic) bond motifs is 2. The number of para-hydroxylation sites is 3. The maximum Gasteiger partial charge on any atom is 0.143 e. The summed E-state index contributed by atoms with van der Waals surface area (Å²) in [7, 11) is 0. The van der Waals surface area contributed by atoms with Gasteiger partial charge in [0.1, 0.15) is 12.4 Å². The largest absolute Gasteiger partial charge is 0.487 e. The molecule has 5 nitrogen and oxygen atoms in total. The van der Waals surface area contributed by atoms with E-state index >= 15 is 0 Å². The number of morpholine rings is 1. The molecule has 0 saturated carbocycles. The molecule has 0 bridgehead atoms. The van der Waals surface area contributed by atoms with E-state index in [-0.39, 0.29) is 0 Å². The van der Waals surface area contributed by atoms with Crippen molar-refractivity contribution in [2.75, 3.05) is 55.7 Å². The number of nitrogens with zero attached hydrogens (tertiary/aromatic N) is 3. The summed E-state index contributed by atoms with van der Waals surface area (Å²) in [6.07, 6.45) is 3.61. The zero-order valence-corrected chi connectivity index (χ0v) is 20.4. The Balaban J connectivity index is 1.14. The number of likely N-dealkylation sites (tertiary alicyclic amines) is 1. The fraction of sp³-hybridized carbons (Fsp3) is 0.400. The molecule has 3 heterocycles. The number of hydrogen-bond acceptors (Lipinski definition) is 5. The maximum atomic E-state index is 6.19. The Morgan fingerprint density at radius 1 is 0.800 bits per heavy atom. The van der Waals surface area contributed by atoms with Gasteiger partial charge in [-0.25, -0.2) is 0 Å². The second-order valence-electron chi connectivity index (χ2n) is 9.84. The van der Waals surface area contributed by atoms with Crippen molar-refractivity contribution in [1.82, 2.24) is 4.90 Å². The van der Waals surface area contributed by atoms with Gasteiger partial charge in [0.15, 0.2) is 0 Å². The molecule has 1 atom stereocenters. The summed E-state index contributed by atoms with van der Waals surface area (Å²) in [5.74, 6) is 0.980. The van der Waals surface area contributed by atoms with Gasteiger partial charge in [-0.05, 0) is 61.7 Å². The van der Waals surface area contributed by atoms with Crippen molar-refractivity contribution in [3.8, 4) is 5.75 Å². The van der Waals surface area contributed by atoms with Gasteiger partial charge in [0.2, 0.25) is 0 Å². The molecule has 182 valence electrons. The fourth-order valence-corrected chi connectivity index (χ4v) is 5.76. The molecule has 3 aliphatic heterocycles. The molecule has 0 amide bonds. The average Bonchev–Trinajstić information content (AvgIpc) is 3.31. The zero-order valence-electron chi connectivity index (χ0n) is 20.4. The second kappa shape index (κ2) is 10.3. The predicted octanol–water partition coefficient (Wildman–Crippen LogP) is 5.26. The van der Waals surface area contributed by atoms with Gasteiger partial charge in [-0.2, -0.15) is 0 Å². The minimum atomic E-state index is 0.543. The number of hydrogen-bond donors (Lipinski definition) is 0. The van der Waals surface area contributed by atoms with Crippen LogP contribution in [-0.4, -0.2) is 56.9 Å². The van der Waals surface area contributed by atoms with Gasteiger partial charge >= 0.3 is 0 Å². The summed E-state index contributed by atoms with van der Waals surface area (Å²) in [6, 6.07) is 26.9. The summed E-state index contributed by atoms with van der Waals surface area (Å²) in [5.41, 5.74) is 6.46. The Kier molecular flexibility index (Phi) is 6.61. The highest BCUT2D eigenvalue weighted by molar-refractivity contribution is 5.72. The van der Waals surface area contributed by atoms with E-state index in [2.05, 4.69) is 87.5 Å². The van der Waals surface area contributed by atoms with Gasteiger partial charge in [0.05, 0.1) is 18.9 Å². The summed E-state index contributed by atoms with van der Waals surface area (Å²) < 4.78 is 11.7. The molecule has 3 aliphatic rings. The van der Waals surface area contributed by atoms with Crippen molar-refractivity contribution >= 4 is 17.1 Å². The highest BCUT2D eigenvalue weighted by Crippen LogP contribution is 2.40. The summed E-state index contributed by atoms with van der Waals surface area (Å²) in [4.78, 5) is 7.62. The maximum absolute atomic E-state index is 6.19. The average molecular weight is 470 g/mol. The normalized spacial score (nSPS) is 20.2. The Morgan fingerprint density at radius 2 is 1.57 bits per heavy atom. The SMILES string of the molecule is c1ccc2c(c1)COc1ccccc1N2CC1CCCN1CCc1ccc(N2CCOCC2)cc1. The smallest absolute Gasteiger partial charge is 0.143 e. The Hall–Kier alpha value is -3.02. The van der Waals surface area contributed by atoms with Crippen molar-refractivity contribution in [2.45, 2.75) is 31.9 Å². The summed E-state index contributed by atoms with van der Waals surface area (Å²) in [6.45, 7) is 7.54. The first-order valence-corrected chi connectivity index (χ1v) is 13.1. The standard InChI is InChI=1S/C30H35N3O2/c1-2-8-28-25(6-1)23-35-30-10-4-3-9-29(30)33(28)22-27-7-5-16-31(27)17-15-24-11-13-26(14-12-24)32-18-20-34-21-19-32/h1-4,6,8-14,27H,5,7,15-23H2. The van der Waals surface area contributed by atoms with Crippen LogP contribution in [0.3, 0.4) is 0 Å². The third-order valence-corrected chi connectivity index (χ3v) is 7.71. The van der Waals surface area contributed by atoms with Crippen LogP contribution in [0.5, 0.6) is 5.75 Å². The van der Waals surface area contributed by atoms with Crippen LogP contribution in [-0.2, 0) is 17.8 Å². The lowest BCUT2D eigenvalue weighted by Gasteiger charge is -2.33. The van der Waals surface area contributed by atoms with Crippen molar-refractivity contribution < 1.29 is 9.47 Å². The van der Waals surface area contributed by atoms with Gasteiger partial charge in [-0.15, -0.1) is 0 Å². The fourth-order valence-electron chi connectivity index (χ4n) is 5.76. The Bertz CT molecular complexity index is 1080. The lowest BCUT2D eigenvalue weighted by molar-refractivity contribution is 0.122.